The largest absolute Gasteiger partial charge is 0.489 e. The molecule has 0 unspecified atom stereocenters. The number of halogens is 1. The topological polar surface area (TPSA) is 43.3 Å². The molecular formula is C38H33FN2O2. The van der Waals surface area contributed by atoms with Crippen molar-refractivity contribution in [1.82, 2.24) is 9.88 Å². The number of aromatic nitrogens is 1. The van der Waals surface area contributed by atoms with E-state index in [1.807, 2.05) is 97.1 Å². The van der Waals surface area contributed by atoms with Gasteiger partial charge in [-0.15, -0.1) is 0 Å². The Hall–Kier alpha value is -5.16. The maximum absolute atomic E-state index is 13.6. The fraction of sp³-hybridized carbons (Fsp3) is 0.132. The van der Waals surface area contributed by atoms with E-state index in [0.717, 1.165) is 44.5 Å². The van der Waals surface area contributed by atoms with Gasteiger partial charge in [-0.3, -0.25) is 4.79 Å². The first kappa shape index (κ1) is 28.0. The van der Waals surface area contributed by atoms with Gasteiger partial charge in [0.25, 0.3) is 0 Å². The van der Waals surface area contributed by atoms with Crippen LogP contribution in [-0.2, 0) is 24.5 Å². The van der Waals surface area contributed by atoms with Gasteiger partial charge in [-0.1, -0.05) is 103 Å². The Kier molecular flexibility index (Phi) is 8.60. The number of nitrogens with zero attached hydrogens (tertiary/aromatic N) is 1. The Bertz CT molecular complexity index is 1780. The molecule has 6 rings (SSSR count). The lowest BCUT2D eigenvalue weighted by molar-refractivity contribution is -0.121. The van der Waals surface area contributed by atoms with Crippen molar-refractivity contribution in [2.45, 2.75) is 32.0 Å². The summed E-state index contributed by atoms with van der Waals surface area (Å²) < 4.78 is 21.8. The predicted octanol–water partition coefficient (Wildman–Crippen LogP) is 8.25. The van der Waals surface area contributed by atoms with E-state index in [-0.39, 0.29) is 17.6 Å². The van der Waals surface area contributed by atoms with Crippen LogP contribution < -0.4 is 10.1 Å². The zero-order chi connectivity index (χ0) is 29.4. The summed E-state index contributed by atoms with van der Waals surface area (Å²) in [6.07, 6.45) is 2.44. The van der Waals surface area contributed by atoms with Gasteiger partial charge in [-0.25, -0.2) is 4.39 Å². The van der Waals surface area contributed by atoms with E-state index < -0.39 is 0 Å². The fourth-order valence-electron chi connectivity index (χ4n) is 5.47. The SMILES string of the molecule is O=C(C[C@H](c1ccc(OCc2ccccc2)cc1)c1cn(Cc2ccc(F)cc2)c2ccccc12)NCc1ccccc1. The quantitative estimate of drug-likeness (QED) is 0.171. The summed E-state index contributed by atoms with van der Waals surface area (Å²) in [6, 6.07) is 42.9. The molecule has 1 amide bonds. The molecule has 5 aromatic carbocycles. The highest BCUT2D eigenvalue weighted by atomic mass is 19.1. The van der Waals surface area contributed by atoms with Gasteiger partial charge in [0.2, 0.25) is 5.91 Å². The number of amides is 1. The van der Waals surface area contributed by atoms with Crippen molar-refractivity contribution in [2.24, 2.45) is 0 Å². The van der Waals surface area contributed by atoms with Crippen LogP contribution in [-0.4, -0.2) is 10.5 Å². The van der Waals surface area contributed by atoms with Crippen LogP contribution in [0.2, 0.25) is 0 Å². The Morgan fingerprint density at radius 2 is 1.37 bits per heavy atom. The molecule has 1 N–H and O–H groups in total. The Morgan fingerprint density at radius 3 is 2.09 bits per heavy atom. The van der Waals surface area contributed by atoms with Crippen LogP contribution in [0.3, 0.4) is 0 Å². The number of fused-ring (bicyclic) bond motifs is 1. The standard InChI is InChI=1S/C38H33FN2O2/c39-32-19-15-29(16-20-32)25-41-26-36(34-13-7-8-14-37(34)41)35(23-38(42)40-24-28-9-3-1-4-10-28)31-17-21-33(22-18-31)43-27-30-11-5-2-6-12-30/h1-22,26,35H,23-25,27H2,(H,40,42)/t35-/m1/s1. The molecule has 0 fully saturated rings. The molecule has 4 nitrogen and oxygen atoms in total. The van der Waals surface area contributed by atoms with Crippen LogP contribution in [0.25, 0.3) is 10.9 Å². The highest BCUT2D eigenvalue weighted by molar-refractivity contribution is 5.87. The third-order valence-electron chi connectivity index (χ3n) is 7.71. The van der Waals surface area contributed by atoms with E-state index >= 15 is 0 Å². The lowest BCUT2D eigenvalue weighted by Crippen LogP contribution is -2.25. The van der Waals surface area contributed by atoms with Crippen molar-refractivity contribution in [3.63, 3.8) is 0 Å². The van der Waals surface area contributed by atoms with Gasteiger partial charge in [0.15, 0.2) is 0 Å². The molecule has 43 heavy (non-hydrogen) atoms. The number of para-hydroxylation sites is 1. The molecule has 0 saturated carbocycles. The highest BCUT2D eigenvalue weighted by Crippen LogP contribution is 2.36. The Morgan fingerprint density at radius 1 is 0.721 bits per heavy atom. The second-order valence-corrected chi connectivity index (χ2v) is 10.7. The second kappa shape index (κ2) is 13.2. The summed E-state index contributed by atoms with van der Waals surface area (Å²) >= 11 is 0. The van der Waals surface area contributed by atoms with E-state index in [4.69, 9.17) is 4.74 Å². The van der Waals surface area contributed by atoms with Crippen LogP contribution in [0, 0.1) is 5.82 Å². The summed E-state index contributed by atoms with van der Waals surface area (Å²) in [5, 5.41) is 4.21. The average molecular weight is 569 g/mol. The molecular weight excluding hydrogens is 535 g/mol. The first-order valence-electron chi connectivity index (χ1n) is 14.5. The molecule has 0 saturated heterocycles. The first-order valence-corrected chi connectivity index (χ1v) is 14.5. The predicted molar refractivity (Wildman–Crippen MR) is 169 cm³/mol. The van der Waals surface area contributed by atoms with Gasteiger partial charge in [0, 0.05) is 42.5 Å². The Labute approximate surface area is 251 Å². The monoisotopic (exact) mass is 568 g/mol. The number of benzene rings is 5. The molecule has 0 aliphatic heterocycles. The molecule has 1 aromatic heterocycles. The van der Waals surface area contributed by atoms with Gasteiger partial charge >= 0.3 is 0 Å². The van der Waals surface area contributed by atoms with Gasteiger partial charge in [0.05, 0.1) is 0 Å². The molecule has 0 aliphatic carbocycles. The summed E-state index contributed by atoms with van der Waals surface area (Å²) in [5.41, 5.74) is 6.35. The number of carbonyl (C=O) groups is 1. The molecule has 0 bridgehead atoms. The van der Waals surface area contributed by atoms with E-state index in [9.17, 15) is 9.18 Å². The number of hydrogen-bond acceptors (Lipinski definition) is 2. The van der Waals surface area contributed by atoms with Crippen LogP contribution in [0.4, 0.5) is 4.39 Å². The second-order valence-electron chi connectivity index (χ2n) is 10.7. The van der Waals surface area contributed by atoms with E-state index in [0.29, 0.717) is 26.1 Å². The van der Waals surface area contributed by atoms with Crippen LogP contribution in [0.1, 0.15) is 40.2 Å². The van der Waals surface area contributed by atoms with Crippen LogP contribution in [0.15, 0.2) is 140 Å². The van der Waals surface area contributed by atoms with Crippen molar-refractivity contribution in [1.29, 1.82) is 0 Å². The number of carbonyl (C=O) groups excluding carboxylic acids is 1. The summed E-state index contributed by atoms with van der Waals surface area (Å²) in [7, 11) is 0. The third-order valence-corrected chi connectivity index (χ3v) is 7.71. The molecule has 0 aliphatic rings. The maximum atomic E-state index is 13.6. The normalized spacial score (nSPS) is 11.7. The molecule has 1 atom stereocenters. The van der Waals surface area contributed by atoms with Crippen molar-refractivity contribution in [2.75, 3.05) is 0 Å². The van der Waals surface area contributed by atoms with E-state index in [1.54, 1.807) is 0 Å². The minimum Gasteiger partial charge on any atom is -0.489 e. The van der Waals surface area contributed by atoms with Gasteiger partial charge in [-0.05, 0) is 58.1 Å². The van der Waals surface area contributed by atoms with Gasteiger partial charge < -0.3 is 14.6 Å². The number of hydrogen-bond donors (Lipinski definition) is 1. The third kappa shape index (κ3) is 7.02. The van der Waals surface area contributed by atoms with E-state index in [2.05, 4.69) is 40.3 Å². The number of rotatable bonds is 11. The summed E-state index contributed by atoms with van der Waals surface area (Å²) in [4.78, 5) is 13.4. The average Bonchev–Trinajstić information content (AvgIpc) is 3.42. The zero-order valence-electron chi connectivity index (χ0n) is 23.8. The lowest BCUT2D eigenvalue weighted by Gasteiger charge is -2.18. The van der Waals surface area contributed by atoms with Crippen LogP contribution in [0.5, 0.6) is 5.75 Å². The zero-order valence-corrected chi connectivity index (χ0v) is 23.8. The van der Waals surface area contributed by atoms with Crippen molar-refractivity contribution >= 4 is 16.8 Å². The highest BCUT2D eigenvalue weighted by Gasteiger charge is 2.23. The van der Waals surface area contributed by atoms with E-state index in [1.165, 1.54) is 12.1 Å². The maximum Gasteiger partial charge on any atom is 0.221 e. The molecule has 214 valence electrons. The lowest BCUT2D eigenvalue weighted by atomic mass is 9.88. The van der Waals surface area contributed by atoms with Gasteiger partial charge in [-0.2, -0.15) is 0 Å². The summed E-state index contributed by atoms with van der Waals surface area (Å²) in [5.74, 6) is 0.324. The molecule has 0 spiro atoms. The smallest absolute Gasteiger partial charge is 0.221 e. The molecule has 0 radical (unpaired) electrons. The first-order chi connectivity index (χ1) is 21.1. The fourth-order valence-corrected chi connectivity index (χ4v) is 5.47. The van der Waals surface area contributed by atoms with Crippen molar-refractivity contribution < 1.29 is 13.9 Å². The minimum absolute atomic E-state index is 0.0198. The summed E-state index contributed by atoms with van der Waals surface area (Å²) in [6.45, 7) is 1.56. The molecule has 1 heterocycles. The minimum atomic E-state index is -0.250. The molecule has 6 aromatic rings. The van der Waals surface area contributed by atoms with Crippen molar-refractivity contribution in [3.8, 4) is 5.75 Å². The molecule has 5 heteroatoms. The number of ether oxygens (including phenoxy) is 1. The van der Waals surface area contributed by atoms with Crippen LogP contribution >= 0.6 is 0 Å². The van der Waals surface area contributed by atoms with Crippen molar-refractivity contribution in [3.05, 3.63) is 173 Å². The number of nitrogens with one attached hydrogen (secondary N) is 1. The van der Waals surface area contributed by atoms with Gasteiger partial charge in [0.1, 0.15) is 18.2 Å². The Balaban J connectivity index is 1.30.